The molecule has 4 nitrogen and oxygen atoms in total. The molecule has 2 N–H and O–H groups in total. The third-order valence-electron chi connectivity index (χ3n) is 4.18. The fourth-order valence-corrected chi connectivity index (χ4v) is 2.85. The van der Waals surface area contributed by atoms with Crippen LogP contribution in [0.1, 0.15) is 39.5 Å². The molecule has 1 saturated heterocycles. The maximum absolute atomic E-state index is 12.4. The molecular formula is C17H27N2O2+. The standard InChI is InChI=1S/C17H26N2O2/c1-3-21-16-10-8-15(9-11-16)18-17(20)14(2)19-12-6-4-5-7-13-19/h8-11,14H,3-7,12-13H2,1-2H3,(H,18,20)/p+1/t14-/m1/s1. The molecule has 21 heavy (non-hydrogen) atoms. The Balaban J connectivity index is 1.90. The first kappa shape index (κ1) is 15.8. The number of nitrogens with one attached hydrogen (secondary N) is 2. The van der Waals surface area contributed by atoms with Gasteiger partial charge in [0.25, 0.3) is 5.91 Å². The van der Waals surface area contributed by atoms with Gasteiger partial charge in [-0.2, -0.15) is 0 Å². The van der Waals surface area contributed by atoms with Crippen LogP contribution in [0.4, 0.5) is 5.69 Å². The number of likely N-dealkylation sites (tertiary alicyclic amines) is 1. The summed E-state index contributed by atoms with van der Waals surface area (Å²) in [6.45, 7) is 6.86. The third kappa shape index (κ3) is 4.74. The Kier molecular flexibility index (Phi) is 6.05. The number of anilines is 1. The van der Waals surface area contributed by atoms with E-state index in [1.807, 2.05) is 38.1 Å². The minimum Gasteiger partial charge on any atom is -0.494 e. The zero-order chi connectivity index (χ0) is 15.1. The molecule has 1 amide bonds. The Morgan fingerprint density at radius 3 is 2.38 bits per heavy atom. The molecule has 1 aliphatic heterocycles. The molecule has 1 aliphatic rings. The van der Waals surface area contributed by atoms with Gasteiger partial charge in [-0.25, -0.2) is 0 Å². The van der Waals surface area contributed by atoms with Crippen LogP contribution in [0, 0.1) is 0 Å². The van der Waals surface area contributed by atoms with Crippen molar-refractivity contribution in [3.8, 4) is 5.75 Å². The number of ether oxygens (including phenoxy) is 1. The predicted octanol–water partition coefficient (Wildman–Crippen LogP) is 1.87. The van der Waals surface area contributed by atoms with Crippen molar-refractivity contribution < 1.29 is 14.4 Å². The summed E-state index contributed by atoms with van der Waals surface area (Å²) >= 11 is 0. The molecule has 1 aromatic rings. The Morgan fingerprint density at radius 1 is 1.19 bits per heavy atom. The van der Waals surface area contributed by atoms with Gasteiger partial charge in [0.15, 0.2) is 6.04 Å². The Bertz CT molecular complexity index is 437. The molecule has 0 spiro atoms. The van der Waals surface area contributed by atoms with Crippen molar-refractivity contribution in [1.82, 2.24) is 0 Å². The lowest BCUT2D eigenvalue weighted by Gasteiger charge is -2.23. The van der Waals surface area contributed by atoms with Gasteiger partial charge in [-0.15, -0.1) is 0 Å². The van der Waals surface area contributed by atoms with Crippen LogP contribution in [-0.4, -0.2) is 31.6 Å². The lowest BCUT2D eigenvalue weighted by molar-refractivity contribution is -0.913. The van der Waals surface area contributed by atoms with E-state index in [1.54, 1.807) is 0 Å². The van der Waals surface area contributed by atoms with E-state index >= 15 is 0 Å². The number of quaternary nitrogens is 1. The van der Waals surface area contributed by atoms with Gasteiger partial charge in [-0.05, 0) is 63.8 Å². The van der Waals surface area contributed by atoms with E-state index in [4.69, 9.17) is 4.74 Å². The minimum absolute atomic E-state index is 0.00895. The van der Waals surface area contributed by atoms with Crippen molar-refractivity contribution >= 4 is 11.6 Å². The van der Waals surface area contributed by atoms with E-state index < -0.39 is 0 Å². The van der Waals surface area contributed by atoms with Crippen LogP contribution in [0.2, 0.25) is 0 Å². The van der Waals surface area contributed by atoms with E-state index in [-0.39, 0.29) is 11.9 Å². The minimum atomic E-state index is 0.00895. The molecule has 1 aromatic carbocycles. The molecule has 0 aliphatic carbocycles. The first-order chi connectivity index (χ1) is 10.2. The summed E-state index contributed by atoms with van der Waals surface area (Å²) < 4.78 is 5.41. The summed E-state index contributed by atoms with van der Waals surface area (Å²) in [6, 6.07) is 7.58. The topological polar surface area (TPSA) is 42.8 Å². The second-order valence-corrected chi connectivity index (χ2v) is 5.74. The molecular weight excluding hydrogens is 264 g/mol. The van der Waals surface area contributed by atoms with Crippen LogP contribution < -0.4 is 15.0 Å². The van der Waals surface area contributed by atoms with Crippen molar-refractivity contribution in [2.45, 2.75) is 45.6 Å². The monoisotopic (exact) mass is 291 g/mol. The molecule has 2 rings (SSSR count). The second-order valence-electron chi connectivity index (χ2n) is 5.74. The predicted molar refractivity (Wildman–Crippen MR) is 84.9 cm³/mol. The van der Waals surface area contributed by atoms with Gasteiger partial charge in [0, 0.05) is 5.69 Å². The molecule has 1 heterocycles. The van der Waals surface area contributed by atoms with Gasteiger partial charge in [0.2, 0.25) is 0 Å². The largest absolute Gasteiger partial charge is 0.494 e. The molecule has 0 unspecified atom stereocenters. The second kappa shape index (κ2) is 8.03. The number of hydrogen-bond acceptors (Lipinski definition) is 2. The third-order valence-corrected chi connectivity index (χ3v) is 4.18. The fourth-order valence-electron chi connectivity index (χ4n) is 2.85. The highest BCUT2D eigenvalue weighted by Crippen LogP contribution is 2.15. The van der Waals surface area contributed by atoms with E-state index in [0.717, 1.165) is 24.5 Å². The number of amides is 1. The van der Waals surface area contributed by atoms with Gasteiger partial charge in [-0.1, -0.05) is 0 Å². The van der Waals surface area contributed by atoms with Crippen LogP contribution in [-0.2, 0) is 4.79 Å². The number of benzene rings is 1. The Labute approximate surface area is 127 Å². The average molecular weight is 291 g/mol. The summed E-state index contributed by atoms with van der Waals surface area (Å²) in [7, 11) is 0. The van der Waals surface area contributed by atoms with Gasteiger partial charge >= 0.3 is 0 Å². The van der Waals surface area contributed by atoms with E-state index in [1.165, 1.54) is 30.6 Å². The molecule has 1 atom stereocenters. The highest BCUT2D eigenvalue weighted by Gasteiger charge is 2.25. The van der Waals surface area contributed by atoms with Crippen molar-refractivity contribution in [1.29, 1.82) is 0 Å². The molecule has 116 valence electrons. The quantitative estimate of drug-likeness (QED) is 0.870. The Morgan fingerprint density at radius 2 is 1.81 bits per heavy atom. The van der Waals surface area contributed by atoms with Crippen molar-refractivity contribution in [2.75, 3.05) is 25.0 Å². The van der Waals surface area contributed by atoms with Gasteiger partial charge in [0.1, 0.15) is 5.75 Å². The van der Waals surface area contributed by atoms with Crippen LogP contribution in [0.5, 0.6) is 5.75 Å². The fraction of sp³-hybridized carbons (Fsp3) is 0.588. The molecule has 1 fully saturated rings. The van der Waals surface area contributed by atoms with Crippen LogP contribution in [0.25, 0.3) is 0 Å². The summed E-state index contributed by atoms with van der Waals surface area (Å²) in [4.78, 5) is 13.8. The lowest BCUT2D eigenvalue weighted by atomic mass is 10.2. The van der Waals surface area contributed by atoms with Crippen LogP contribution >= 0.6 is 0 Å². The normalized spacial score (nSPS) is 17.8. The van der Waals surface area contributed by atoms with Crippen molar-refractivity contribution in [3.05, 3.63) is 24.3 Å². The molecule has 4 heteroatoms. The van der Waals surface area contributed by atoms with Gasteiger partial charge in [0.05, 0.1) is 19.7 Å². The highest BCUT2D eigenvalue weighted by molar-refractivity contribution is 5.93. The lowest BCUT2D eigenvalue weighted by Crippen LogP contribution is -3.16. The summed E-state index contributed by atoms with van der Waals surface area (Å²) in [5, 5.41) is 3.01. The summed E-state index contributed by atoms with van der Waals surface area (Å²) in [5.74, 6) is 0.942. The highest BCUT2D eigenvalue weighted by atomic mass is 16.5. The van der Waals surface area contributed by atoms with Crippen molar-refractivity contribution in [2.24, 2.45) is 0 Å². The molecule has 0 aromatic heterocycles. The number of carbonyl (C=O) groups excluding carboxylic acids is 1. The van der Waals surface area contributed by atoms with E-state index in [2.05, 4.69) is 5.32 Å². The number of rotatable bonds is 5. The first-order valence-corrected chi connectivity index (χ1v) is 8.09. The summed E-state index contributed by atoms with van der Waals surface area (Å²) in [5.41, 5.74) is 0.838. The SMILES string of the molecule is CCOc1ccc(NC(=O)[C@@H](C)[NH+]2CCCCCC2)cc1. The van der Waals surface area contributed by atoms with Crippen molar-refractivity contribution in [3.63, 3.8) is 0 Å². The maximum Gasteiger partial charge on any atom is 0.282 e. The number of carbonyl (C=O) groups is 1. The Hall–Kier alpha value is -1.55. The molecule has 0 bridgehead atoms. The van der Waals surface area contributed by atoms with E-state index in [9.17, 15) is 4.79 Å². The van der Waals surface area contributed by atoms with Crippen LogP contribution in [0.15, 0.2) is 24.3 Å². The van der Waals surface area contributed by atoms with Gasteiger partial charge < -0.3 is 15.0 Å². The molecule has 0 saturated carbocycles. The van der Waals surface area contributed by atoms with E-state index in [0.29, 0.717) is 6.61 Å². The zero-order valence-electron chi connectivity index (χ0n) is 13.2. The zero-order valence-corrected chi connectivity index (χ0v) is 13.2. The smallest absolute Gasteiger partial charge is 0.282 e. The first-order valence-electron chi connectivity index (χ1n) is 8.09. The summed E-state index contributed by atoms with van der Waals surface area (Å²) in [6.07, 6.45) is 5.07. The average Bonchev–Trinajstić information content (AvgIpc) is 2.78. The maximum atomic E-state index is 12.4. The number of hydrogen-bond donors (Lipinski definition) is 2. The van der Waals surface area contributed by atoms with Crippen LogP contribution in [0.3, 0.4) is 0 Å². The van der Waals surface area contributed by atoms with Gasteiger partial charge in [-0.3, -0.25) is 4.79 Å². The molecule has 0 radical (unpaired) electrons.